The van der Waals surface area contributed by atoms with Crippen molar-refractivity contribution < 1.29 is 24.2 Å². The van der Waals surface area contributed by atoms with E-state index in [-0.39, 0.29) is 22.4 Å². The number of anilines is 1. The highest BCUT2D eigenvalue weighted by Crippen LogP contribution is 2.52. The smallest absolute Gasteiger partial charge is 0.358 e. The average molecular weight is 364 g/mol. The Labute approximate surface area is 146 Å². The normalized spacial score (nSPS) is 12.2. The minimum Gasteiger partial charge on any atom is -0.504 e. The molecule has 0 aliphatic rings. The van der Waals surface area contributed by atoms with Crippen molar-refractivity contribution in [2.75, 3.05) is 12.4 Å². The number of nitrogens with zero attached hydrogens (tertiary/aromatic N) is 1. The molecule has 2 aromatic rings. The summed E-state index contributed by atoms with van der Waals surface area (Å²) in [5.41, 5.74) is 2.90. The summed E-state index contributed by atoms with van der Waals surface area (Å²) in [7, 11) is -3.21. The first-order chi connectivity index (χ1) is 11.6. The summed E-state index contributed by atoms with van der Waals surface area (Å²) in [6.45, 7) is 5.29. The molecule has 0 unspecified atom stereocenters. The Kier molecular flexibility index (Phi) is 5.52. The van der Waals surface area contributed by atoms with E-state index in [0.29, 0.717) is 16.9 Å². The van der Waals surface area contributed by atoms with Gasteiger partial charge in [-0.15, -0.1) is 0 Å². The summed E-state index contributed by atoms with van der Waals surface area (Å²) >= 11 is 0. The molecular formula is C17H21N2O5P. The van der Waals surface area contributed by atoms with Crippen molar-refractivity contribution in [2.24, 2.45) is 0 Å². The van der Waals surface area contributed by atoms with Crippen molar-refractivity contribution in [1.82, 2.24) is 4.98 Å². The van der Waals surface area contributed by atoms with Gasteiger partial charge in [-0.2, -0.15) is 0 Å². The number of benzene rings is 1. The Morgan fingerprint density at radius 1 is 1.24 bits per heavy atom. The SMILES string of the molecule is COc1cc(C(=CNc2ccc(C)nc2C)P(=O)(O)O)cc(C)c1O. The van der Waals surface area contributed by atoms with Crippen molar-refractivity contribution in [3.63, 3.8) is 0 Å². The highest BCUT2D eigenvalue weighted by molar-refractivity contribution is 7.63. The number of phenols is 1. The van der Waals surface area contributed by atoms with Crippen LogP contribution < -0.4 is 10.1 Å². The van der Waals surface area contributed by atoms with Crippen molar-refractivity contribution in [1.29, 1.82) is 0 Å². The Balaban J connectivity index is 2.50. The van der Waals surface area contributed by atoms with Crippen LogP contribution in [0.5, 0.6) is 11.5 Å². The zero-order chi connectivity index (χ0) is 18.8. The highest BCUT2D eigenvalue weighted by Gasteiger charge is 2.24. The van der Waals surface area contributed by atoms with E-state index < -0.39 is 7.60 Å². The lowest BCUT2D eigenvalue weighted by atomic mass is 10.1. The van der Waals surface area contributed by atoms with E-state index >= 15 is 0 Å². The second-order valence-electron chi connectivity index (χ2n) is 5.65. The molecule has 0 fully saturated rings. The fraction of sp³-hybridized carbons (Fsp3) is 0.235. The Bertz CT molecular complexity index is 874. The monoisotopic (exact) mass is 364 g/mol. The first-order valence-corrected chi connectivity index (χ1v) is 9.09. The molecule has 4 N–H and O–H groups in total. The lowest BCUT2D eigenvalue weighted by Crippen LogP contribution is -1.98. The molecule has 1 aromatic heterocycles. The molecule has 0 aliphatic carbocycles. The van der Waals surface area contributed by atoms with E-state index in [9.17, 15) is 19.5 Å². The number of nitrogens with one attached hydrogen (secondary N) is 1. The van der Waals surface area contributed by atoms with Crippen LogP contribution >= 0.6 is 7.60 Å². The lowest BCUT2D eigenvalue weighted by molar-refractivity contribution is 0.371. The van der Waals surface area contributed by atoms with E-state index in [1.807, 2.05) is 6.92 Å². The largest absolute Gasteiger partial charge is 0.504 e. The molecule has 0 bridgehead atoms. The number of rotatable bonds is 5. The fourth-order valence-corrected chi connectivity index (χ4v) is 3.07. The predicted octanol–water partition coefficient (Wildman–Crippen LogP) is 3.31. The first-order valence-electron chi connectivity index (χ1n) is 7.48. The molecule has 0 saturated carbocycles. The predicted molar refractivity (Wildman–Crippen MR) is 96.8 cm³/mol. The van der Waals surface area contributed by atoms with Gasteiger partial charge in [0.05, 0.1) is 23.8 Å². The summed E-state index contributed by atoms with van der Waals surface area (Å²) in [4.78, 5) is 23.8. The number of ether oxygens (including phenoxy) is 1. The molecule has 2 rings (SSSR count). The van der Waals surface area contributed by atoms with Crippen LogP contribution in [0.15, 0.2) is 30.5 Å². The number of hydrogen-bond donors (Lipinski definition) is 4. The van der Waals surface area contributed by atoms with E-state index in [0.717, 1.165) is 5.69 Å². The van der Waals surface area contributed by atoms with Gasteiger partial charge in [0.15, 0.2) is 11.5 Å². The second-order valence-corrected chi connectivity index (χ2v) is 7.22. The summed E-state index contributed by atoms with van der Waals surface area (Å²) in [6.07, 6.45) is 1.26. The number of aromatic hydroxyl groups is 1. The molecule has 0 amide bonds. The van der Waals surface area contributed by atoms with Crippen molar-refractivity contribution in [3.8, 4) is 11.5 Å². The Morgan fingerprint density at radius 2 is 1.92 bits per heavy atom. The molecule has 0 atom stereocenters. The first kappa shape index (κ1) is 19.0. The maximum atomic E-state index is 12.0. The molecule has 0 spiro atoms. The molecule has 8 heteroatoms. The molecule has 134 valence electrons. The third-order valence-electron chi connectivity index (χ3n) is 3.68. The topological polar surface area (TPSA) is 112 Å². The number of aromatic nitrogens is 1. The molecule has 7 nitrogen and oxygen atoms in total. The van der Waals surface area contributed by atoms with Gasteiger partial charge in [-0.1, -0.05) is 0 Å². The van der Waals surface area contributed by atoms with E-state index in [1.54, 1.807) is 26.0 Å². The van der Waals surface area contributed by atoms with Crippen LogP contribution in [0.4, 0.5) is 5.69 Å². The fourth-order valence-electron chi connectivity index (χ4n) is 2.37. The Hall–Kier alpha value is -2.34. The molecule has 1 aromatic carbocycles. The minimum absolute atomic E-state index is 0.0668. The zero-order valence-corrected chi connectivity index (χ0v) is 15.3. The number of aryl methyl sites for hydroxylation is 3. The highest BCUT2D eigenvalue weighted by atomic mass is 31.2. The maximum Gasteiger partial charge on any atom is 0.358 e. The number of phenolic OH excluding ortho intramolecular Hbond substituents is 1. The van der Waals surface area contributed by atoms with Crippen LogP contribution in [0, 0.1) is 20.8 Å². The van der Waals surface area contributed by atoms with E-state index in [2.05, 4.69) is 10.3 Å². The molecule has 1 heterocycles. The minimum atomic E-state index is -4.58. The summed E-state index contributed by atoms with van der Waals surface area (Å²) < 4.78 is 17.0. The summed E-state index contributed by atoms with van der Waals surface area (Å²) in [6, 6.07) is 6.46. The molecule has 25 heavy (non-hydrogen) atoms. The van der Waals surface area contributed by atoms with Crippen molar-refractivity contribution in [2.45, 2.75) is 20.8 Å². The Morgan fingerprint density at radius 3 is 2.48 bits per heavy atom. The molecule has 0 aliphatic heterocycles. The van der Waals surface area contributed by atoms with Gasteiger partial charge in [0.25, 0.3) is 0 Å². The standard InChI is InChI=1S/C17H21N2O5P/c1-10-7-13(8-15(24-4)17(10)20)16(25(21,22)23)9-18-14-6-5-11(2)19-12(14)3/h5-9,18,20H,1-4H3,(H2,21,22,23). The van der Waals surface area contributed by atoms with Gasteiger partial charge >= 0.3 is 7.60 Å². The molecule has 0 radical (unpaired) electrons. The quantitative estimate of drug-likeness (QED) is 0.602. The van der Waals surface area contributed by atoms with Gasteiger partial charge in [0.1, 0.15) is 0 Å². The van der Waals surface area contributed by atoms with Gasteiger partial charge < -0.3 is 24.9 Å². The zero-order valence-electron chi connectivity index (χ0n) is 14.4. The summed E-state index contributed by atoms with van der Waals surface area (Å²) in [5.74, 6) is 0.0744. The van der Waals surface area contributed by atoms with Crippen LogP contribution in [0.1, 0.15) is 22.5 Å². The third kappa shape index (κ3) is 4.39. The number of methoxy groups -OCH3 is 1. The van der Waals surface area contributed by atoms with Crippen molar-refractivity contribution >= 4 is 18.6 Å². The van der Waals surface area contributed by atoms with Crippen LogP contribution in [-0.4, -0.2) is 27.0 Å². The average Bonchev–Trinajstić information content (AvgIpc) is 2.51. The maximum absolute atomic E-state index is 12.0. The van der Waals surface area contributed by atoms with Crippen LogP contribution in [-0.2, 0) is 4.57 Å². The number of pyridine rings is 1. The second kappa shape index (κ2) is 7.27. The van der Waals surface area contributed by atoms with Gasteiger partial charge in [0, 0.05) is 11.9 Å². The van der Waals surface area contributed by atoms with Gasteiger partial charge in [-0.3, -0.25) is 9.55 Å². The van der Waals surface area contributed by atoms with Crippen molar-refractivity contribution in [3.05, 3.63) is 53.0 Å². The molecule has 0 saturated heterocycles. The van der Waals surface area contributed by atoms with E-state index in [1.165, 1.54) is 25.4 Å². The van der Waals surface area contributed by atoms with Crippen LogP contribution in [0.3, 0.4) is 0 Å². The lowest BCUT2D eigenvalue weighted by Gasteiger charge is -2.15. The number of hydrogen-bond acceptors (Lipinski definition) is 5. The van der Waals surface area contributed by atoms with Crippen LogP contribution in [0.25, 0.3) is 5.31 Å². The van der Waals surface area contributed by atoms with Crippen LogP contribution in [0.2, 0.25) is 0 Å². The molecular weight excluding hydrogens is 343 g/mol. The van der Waals surface area contributed by atoms with E-state index in [4.69, 9.17) is 4.74 Å². The van der Waals surface area contributed by atoms with Gasteiger partial charge in [0.2, 0.25) is 0 Å². The van der Waals surface area contributed by atoms with Gasteiger partial charge in [-0.25, -0.2) is 0 Å². The summed E-state index contributed by atoms with van der Waals surface area (Å²) in [5, 5.41) is 12.6. The third-order valence-corrected chi connectivity index (χ3v) is 4.70. The van der Waals surface area contributed by atoms with Gasteiger partial charge in [-0.05, 0) is 56.2 Å².